The first-order valence-corrected chi connectivity index (χ1v) is 21.4. The van der Waals surface area contributed by atoms with Gasteiger partial charge in [-0.1, -0.05) is 210 Å². The van der Waals surface area contributed by atoms with E-state index in [1.54, 1.807) is 11.1 Å². The second kappa shape index (κ2) is 21.7. The summed E-state index contributed by atoms with van der Waals surface area (Å²) in [6.45, 7) is 74.8. The van der Waals surface area contributed by atoms with Gasteiger partial charge in [0.15, 0.2) is 0 Å². The second-order valence-corrected chi connectivity index (χ2v) is 26.2. The van der Waals surface area contributed by atoms with E-state index in [1.807, 2.05) is 0 Å². The van der Waals surface area contributed by atoms with Gasteiger partial charge in [0.1, 0.15) is 0 Å². The largest absolute Gasteiger partial charge is 0.296 e. The van der Waals surface area contributed by atoms with Crippen molar-refractivity contribution in [2.75, 3.05) is 6.54 Å². The topological polar surface area (TPSA) is 3.24 Å². The minimum atomic E-state index is 0.279. The quantitative estimate of drug-likeness (QED) is 0.246. The molecular weight excluding hydrogens is 627 g/mol. The van der Waals surface area contributed by atoms with Gasteiger partial charge in [0, 0.05) is 18.1 Å². The molecule has 0 heterocycles. The van der Waals surface area contributed by atoms with E-state index in [1.165, 1.54) is 6.42 Å². The molecule has 0 fully saturated rings. The van der Waals surface area contributed by atoms with E-state index in [2.05, 4.69) is 239 Å². The van der Waals surface area contributed by atoms with Crippen molar-refractivity contribution in [3.8, 4) is 0 Å². The summed E-state index contributed by atoms with van der Waals surface area (Å²) in [7, 11) is 0. The molecule has 0 amide bonds. The van der Waals surface area contributed by atoms with Gasteiger partial charge in [-0.2, -0.15) is 0 Å². The molecule has 0 saturated heterocycles. The summed E-state index contributed by atoms with van der Waals surface area (Å²) in [6.07, 6.45) is 6.18. The van der Waals surface area contributed by atoms with E-state index < -0.39 is 0 Å². The summed E-state index contributed by atoms with van der Waals surface area (Å²) >= 11 is 0. The van der Waals surface area contributed by atoms with Crippen molar-refractivity contribution >= 4 is 0 Å². The highest BCUT2D eigenvalue weighted by Crippen LogP contribution is 2.40. The van der Waals surface area contributed by atoms with Crippen LogP contribution < -0.4 is 0 Å². The average Bonchev–Trinajstić information content (AvgIpc) is 2.79. The Kier molecular flexibility index (Phi) is 24.2. The third-order valence-electron chi connectivity index (χ3n) is 9.03. The maximum Gasteiger partial charge on any atom is 0.0127 e. The Hall–Kier alpha value is -0.560. The molecule has 0 rings (SSSR count). The summed E-state index contributed by atoms with van der Waals surface area (Å²) in [5.41, 5.74) is 5.92. The Morgan fingerprint density at radius 2 is 0.731 bits per heavy atom. The van der Waals surface area contributed by atoms with Crippen LogP contribution in [0.1, 0.15) is 228 Å². The summed E-state index contributed by atoms with van der Waals surface area (Å²) in [4.78, 5) is 2.56. The van der Waals surface area contributed by atoms with Crippen LogP contribution in [0.25, 0.3) is 0 Å². The molecule has 0 N–H and O–H groups in total. The summed E-state index contributed by atoms with van der Waals surface area (Å²) < 4.78 is 0. The fourth-order valence-corrected chi connectivity index (χ4v) is 7.34. The van der Waals surface area contributed by atoms with Crippen LogP contribution in [0.15, 0.2) is 23.3 Å². The Morgan fingerprint density at radius 1 is 0.442 bits per heavy atom. The Morgan fingerprint density at radius 3 is 0.788 bits per heavy atom. The molecule has 0 aliphatic rings. The lowest BCUT2D eigenvalue weighted by atomic mass is 9.67. The van der Waals surface area contributed by atoms with E-state index in [9.17, 15) is 0 Å². The van der Waals surface area contributed by atoms with Gasteiger partial charge in [-0.3, -0.25) is 4.90 Å². The third-order valence-corrected chi connectivity index (χ3v) is 9.03. The number of allylic oxidation sites excluding steroid dienone is 4. The third kappa shape index (κ3) is 32.8. The predicted molar refractivity (Wildman–Crippen MR) is 247 cm³/mol. The summed E-state index contributed by atoms with van der Waals surface area (Å²) in [5.74, 6) is 2.92. The Labute approximate surface area is 334 Å². The average molecular weight is 734 g/mol. The molecule has 316 valence electrons. The molecule has 0 aliphatic carbocycles. The van der Waals surface area contributed by atoms with Gasteiger partial charge in [-0.15, -0.1) is 0 Å². The normalized spacial score (nSPS) is 15.3. The summed E-state index contributed by atoms with van der Waals surface area (Å²) in [6, 6.07) is 0.624. The lowest BCUT2D eigenvalue weighted by Gasteiger charge is -2.42. The molecule has 0 bridgehead atoms. The number of rotatable bonds is 6. The van der Waals surface area contributed by atoms with Crippen molar-refractivity contribution in [3.05, 3.63) is 23.3 Å². The fraction of sp³-hybridized carbons (Fsp3) is 0.922. The zero-order valence-electron chi connectivity index (χ0n) is 42.9. The van der Waals surface area contributed by atoms with Crippen LogP contribution in [-0.4, -0.2) is 23.0 Å². The van der Waals surface area contributed by atoms with E-state index in [0.717, 1.165) is 18.4 Å². The van der Waals surface area contributed by atoms with Crippen LogP contribution in [0, 0.1) is 61.6 Å². The molecule has 52 heavy (non-hydrogen) atoms. The zero-order valence-corrected chi connectivity index (χ0v) is 42.9. The SMILES string of the molecule is CC(C)/C(=C\C(C)(C)C)C(C)(C)C.CC(C)/C(=C\C(C)(C)C)C(C)(C)C.CC(C)C(CC(C)(C)C)C(C)(C)C.CC(C)N(CC(C)(C)C)C(C)(C)C. The smallest absolute Gasteiger partial charge is 0.0127 e. The van der Waals surface area contributed by atoms with Crippen LogP contribution in [0.2, 0.25) is 0 Å². The predicted octanol–water partition coefficient (Wildman–Crippen LogP) is 17.6. The van der Waals surface area contributed by atoms with Crippen LogP contribution in [0.3, 0.4) is 0 Å². The Bertz CT molecular complexity index is 901. The van der Waals surface area contributed by atoms with Crippen LogP contribution in [0.4, 0.5) is 0 Å². The van der Waals surface area contributed by atoms with E-state index >= 15 is 0 Å². The highest BCUT2D eigenvalue weighted by Gasteiger charge is 2.31. The standard InChI is InChI=1S/C13H28.2C13H26.C12H27N/c3*1-10(2)11(13(6,7)8)9-12(3,4)5;1-10(2)13(12(6,7)8)9-11(3,4)5/h10-11H,9H2,1-8H3;2*9-10H,1-8H3;10H,9H2,1-8H3/b;2*11-9+;. The molecule has 1 unspecified atom stereocenters. The molecule has 0 radical (unpaired) electrons. The first kappa shape index (κ1) is 58.2. The van der Waals surface area contributed by atoms with E-state index in [4.69, 9.17) is 0 Å². The molecule has 1 atom stereocenters. The first-order chi connectivity index (χ1) is 22.2. The lowest BCUT2D eigenvalue weighted by molar-refractivity contribution is 0.0601. The van der Waals surface area contributed by atoms with Gasteiger partial charge in [0.25, 0.3) is 0 Å². The van der Waals surface area contributed by atoms with Crippen molar-refractivity contribution in [1.82, 2.24) is 4.90 Å². The maximum absolute atomic E-state index is 2.56. The van der Waals surface area contributed by atoms with Gasteiger partial charge in [0.05, 0.1) is 0 Å². The van der Waals surface area contributed by atoms with Crippen LogP contribution in [-0.2, 0) is 0 Å². The van der Waals surface area contributed by atoms with Gasteiger partial charge in [0.2, 0.25) is 0 Å². The van der Waals surface area contributed by atoms with E-state index in [0.29, 0.717) is 55.8 Å². The van der Waals surface area contributed by atoms with Crippen molar-refractivity contribution < 1.29 is 0 Å². The molecular formula is C51H107N. The molecule has 0 saturated carbocycles. The monoisotopic (exact) mass is 734 g/mol. The molecule has 1 nitrogen and oxygen atoms in total. The van der Waals surface area contributed by atoms with Crippen molar-refractivity contribution in [2.45, 2.75) is 240 Å². The molecule has 0 aromatic heterocycles. The first-order valence-electron chi connectivity index (χ1n) is 21.4. The minimum Gasteiger partial charge on any atom is -0.296 e. The van der Waals surface area contributed by atoms with Gasteiger partial charge in [-0.05, 0) is 103 Å². The molecule has 0 aromatic carbocycles. The van der Waals surface area contributed by atoms with Gasteiger partial charge >= 0.3 is 0 Å². The molecule has 1 heteroatoms. The van der Waals surface area contributed by atoms with Crippen molar-refractivity contribution in [2.24, 2.45) is 61.6 Å². The van der Waals surface area contributed by atoms with Crippen molar-refractivity contribution in [1.29, 1.82) is 0 Å². The molecule has 0 aliphatic heterocycles. The zero-order chi connectivity index (χ0) is 43.4. The highest BCUT2D eigenvalue weighted by atomic mass is 15.2. The summed E-state index contributed by atoms with van der Waals surface area (Å²) in [5, 5.41) is 0. The lowest BCUT2D eigenvalue weighted by Crippen LogP contribution is -2.49. The molecule has 0 aromatic rings. The second-order valence-electron chi connectivity index (χ2n) is 26.2. The van der Waals surface area contributed by atoms with E-state index in [-0.39, 0.29) is 5.54 Å². The number of hydrogen-bond donors (Lipinski definition) is 0. The highest BCUT2D eigenvalue weighted by molar-refractivity contribution is 5.17. The fourth-order valence-electron chi connectivity index (χ4n) is 7.34. The molecule has 0 spiro atoms. The van der Waals surface area contributed by atoms with Gasteiger partial charge in [-0.25, -0.2) is 0 Å². The van der Waals surface area contributed by atoms with Crippen molar-refractivity contribution in [3.63, 3.8) is 0 Å². The van der Waals surface area contributed by atoms with Crippen LogP contribution >= 0.6 is 0 Å². The number of nitrogens with zero attached hydrogens (tertiary/aromatic N) is 1. The van der Waals surface area contributed by atoms with Crippen LogP contribution in [0.5, 0.6) is 0 Å². The minimum absolute atomic E-state index is 0.279. The van der Waals surface area contributed by atoms with Gasteiger partial charge < -0.3 is 0 Å². The number of hydrogen-bond acceptors (Lipinski definition) is 1. The maximum atomic E-state index is 2.56. The Balaban J connectivity index is -0.000000295.